The quantitative estimate of drug-likeness (QED) is 0.527. The Morgan fingerprint density at radius 1 is 1.06 bits per heavy atom. The van der Waals surface area contributed by atoms with Crippen molar-refractivity contribution in [2.24, 2.45) is 7.05 Å². The van der Waals surface area contributed by atoms with Gasteiger partial charge in [-0.2, -0.15) is 13.2 Å². The van der Waals surface area contributed by atoms with Gasteiger partial charge in [0.1, 0.15) is 9.84 Å². The number of benzene rings is 2. The molecule has 0 saturated heterocycles. The van der Waals surface area contributed by atoms with Crippen LogP contribution in [0.1, 0.15) is 24.1 Å². The van der Waals surface area contributed by atoms with Crippen LogP contribution in [-0.4, -0.2) is 43.3 Å². The van der Waals surface area contributed by atoms with Crippen molar-refractivity contribution in [2.75, 3.05) is 25.7 Å². The van der Waals surface area contributed by atoms with E-state index in [1.165, 1.54) is 24.8 Å². The molecular weight excluding hydrogens is 449 g/mol. The van der Waals surface area contributed by atoms with Gasteiger partial charge in [-0.15, -0.1) is 0 Å². The first-order valence-electron chi connectivity index (χ1n) is 9.64. The zero-order valence-corrected chi connectivity index (χ0v) is 18.7. The normalized spacial score (nSPS) is 13.3. The number of sulfone groups is 1. The first-order chi connectivity index (χ1) is 14.9. The Morgan fingerprint density at radius 3 is 2.31 bits per heavy atom. The van der Waals surface area contributed by atoms with E-state index in [1.54, 1.807) is 25.1 Å². The third kappa shape index (κ3) is 4.62. The predicted molar refractivity (Wildman–Crippen MR) is 114 cm³/mol. The summed E-state index contributed by atoms with van der Waals surface area (Å²) in [4.78, 5) is 13.1. The van der Waals surface area contributed by atoms with Crippen molar-refractivity contribution < 1.29 is 31.1 Å². The molecule has 174 valence electrons. The van der Waals surface area contributed by atoms with E-state index in [2.05, 4.69) is 0 Å². The molecule has 2 aromatic carbocycles. The molecule has 11 heteroatoms. The average Bonchev–Trinajstić information content (AvgIpc) is 2.95. The zero-order chi connectivity index (χ0) is 23.8. The Kier molecular flexibility index (Phi) is 6.32. The minimum Gasteiger partial charge on any atom is -0.493 e. The molecule has 1 heterocycles. The predicted octanol–water partition coefficient (Wildman–Crippen LogP) is 3.40. The van der Waals surface area contributed by atoms with Gasteiger partial charge in [-0.3, -0.25) is 9.13 Å². The Labute approximate surface area is 182 Å². The highest BCUT2D eigenvalue weighted by Crippen LogP contribution is 2.35. The number of alkyl halides is 3. The summed E-state index contributed by atoms with van der Waals surface area (Å²) in [5.41, 5.74) is -0.869. The van der Waals surface area contributed by atoms with Crippen molar-refractivity contribution in [1.82, 2.24) is 9.13 Å². The Morgan fingerprint density at radius 2 is 1.75 bits per heavy atom. The standard InChI is InChI=1S/C21H23F3N2O5S/c1-5-31-19-10-13(6-9-18(19)30-3)17(12-32(4,28)29)26-15-8-7-14(21(22,23)24)11-16(15)25(2)20(26)27/h6-11,17H,5,12H2,1-4H3/t17-/m0/s1. The van der Waals surface area contributed by atoms with Gasteiger partial charge in [0.25, 0.3) is 0 Å². The van der Waals surface area contributed by atoms with E-state index >= 15 is 0 Å². The maximum atomic E-state index is 13.2. The van der Waals surface area contributed by atoms with Crippen LogP contribution >= 0.6 is 0 Å². The minimum absolute atomic E-state index is 0.0434. The highest BCUT2D eigenvalue weighted by molar-refractivity contribution is 7.90. The molecule has 0 aliphatic heterocycles. The number of hydrogen-bond acceptors (Lipinski definition) is 5. The number of aromatic nitrogens is 2. The fraction of sp³-hybridized carbons (Fsp3) is 0.381. The maximum absolute atomic E-state index is 13.2. The maximum Gasteiger partial charge on any atom is 0.416 e. The second-order valence-corrected chi connectivity index (χ2v) is 9.55. The van der Waals surface area contributed by atoms with Crippen molar-refractivity contribution in [1.29, 1.82) is 0 Å². The number of ether oxygens (including phenoxy) is 2. The Bertz CT molecular complexity index is 1310. The summed E-state index contributed by atoms with van der Waals surface area (Å²) in [6.07, 6.45) is -3.55. The van der Waals surface area contributed by atoms with Gasteiger partial charge in [0, 0.05) is 13.3 Å². The molecule has 0 amide bonds. The molecule has 3 aromatic rings. The number of halogens is 3. The van der Waals surface area contributed by atoms with Crippen LogP contribution in [0.2, 0.25) is 0 Å². The third-order valence-electron chi connectivity index (χ3n) is 5.06. The number of rotatable bonds is 7. The highest BCUT2D eigenvalue weighted by atomic mass is 32.2. The fourth-order valence-electron chi connectivity index (χ4n) is 3.62. The van der Waals surface area contributed by atoms with Gasteiger partial charge in [0.15, 0.2) is 11.5 Å². The average molecular weight is 472 g/mol. The second-order valence-electron chi connectivity index (χ2n) is 7.36. The summed E-state index contributed by atoms with van der Waals surface area (Å²) in [7, 11) is -0.786. The van der Waals surface area contributed by atoms with Crippen LogP contribution < -0.4 is 15.2 Å². The number of nitrogens with zero attached hydrogens (tertiary/aromatic N) is 2. The number of imidazole rings is 1. The van der Waals surface area contributed by atoms with Gasteiger partial charge in [0.2, 0.25) is 0 Å². The van der Waals surface area contributed by atoms with Gasteiger partial charge in [-0.1, -0.05) is 6.07 Å². The molecule has 0 aliphatic carbocycles. The lowest BCUT2D eigenvalue weighted by molar-refractivity contribution is -0.137. The lowest BCUT2D eigenvalue weighted by Crippen LogP contribution is -2.30. The summed E-state index contributed by atoms with van der Waals surface area (Å²) in [6, 6.07) is 6.71. The largest absolute Gasteiger partial charge is 0.493 e. The lowest BCUT2D eigenvalue weighted by Gasteiger charge is -2.20. The molecule has 1 aromatic heterocycles. The Hall–Kier alpha value is -2.95. The number of hydrogen-bond donors (Lipinski definition) is 0. The molecule has 0 radical (unpaired) electrons. The van der Waals surface area contributed by atoms with E-state index in [9.17, 15) is 26.4 Å². The van der Waals surface area contributed by atoms with Crippen LogP contribution in [-0.2, 0) is 23.1 Å². The van der Waals surface area contributed by atoms with Crippen molar-refractivity contribution in [3.63, 3.8) is 0 Å². The number of fused-ring (bicyclic) bond motifs is 1. The molecule has 0 N–H and O–H groups in total. The van der Waals surface area contributed by atoms with Gasteiger partial charge >= 0.3 is 11.9 Å². The number of methoxy groups -OCH3 is 1. The van der Waals surface area contributed by atoms with Gasteiger partial charge in [-0.05, 0) is 42.8 Å². The van der Waals surface area contributed by atoms with E-state index in [-0.39, 0.29) is 11.0 Å². The van der Waals surface area contributed by atoms with E-state index in [1.807, 2.05) is 0 Å². The topological polar surface area (TPSA) is 79.5 Å². The van der Waals surface area contributed by atoms with Crippen LogP contribution in [0, 0.1) is 0 Å². The first-order valence-corrected chi connectivity index (χ1v) is 11.7. The molecule has 0 saturated carbocycles. The lowest BCUT2D eigenvalue weighted by atomic mass is 10.1. The fourth-order valence-corrected chi connectivity index (χ4v) is 4.53. The van der Waals surface area contributed by atoms with E-state index < -0.39 is 39.1 Å². The van der Waals surface area contributed by atoms with E-state index in [0.29, 0.717) is 23.7 Å². The molecule has 0 spiro atoms. The second kappa shape index (κ2) is 8.53. The zero-order valence-electron chi connectivity index (χ0n) is 17.9. The summed E-state index contributed by atoms with van der Waals surface area (Å²) in [6.45, 7) is 2.10. The molecule has 32 heavy (non-hydrogen) atoms. The van der Waals surface area contributed by atoms with Crippen molar-refractivity contribution >= 4 is 20.9 Å². The number of aryl methyl sites for hydroxylation is 1. The molecule has 1 atom stereocenters. The molecule has 0 bridgehead atoms. The third-order valence-corrected chi connectivity index (χ3v) is 5.98. The van der Waals surface area contributed by atoms with Crippen LogP contribution in [0.25, 0.3) is 11.0 Å². The molecule has 3 rings (SSSR count). The molecular formula is C21H23F3N2O5S. The SMILES string of the molecule is CCOc1cc([C@H](CS(C)(=O)=O)n2c(=O)n(C)c3cc(C(F)(F)F)ccc32)ccc1OC. The Balaban J connectivity index is 2.29. The minimum atomic E-state index is -4.58. The van der Waals surface area contributed by atoms with Crippen molar-refractivity contribution in [3.05, 3.63) is 58.0 Å². The summed E-state index contributed by atoms with van der Waals surface area (Å²) < 4.78 is 77.1. The van der Waals surface area contributed by atoms with Crippen LogP contribution in [0.4, 0.5) is 13.2 Å². The molecule has 0 unspecified atom stereocenters. The van der Waals surface area contributed by atoms with Gasteiger partial charge < -0.3 is 9.47 Å². The van der Waals surface area contributed by atoms with Crippen molar-refractivity contribution in [2.45, 2.75) is 19.1 Å². The summed E-state index contributed by atoms with van der Waals surface area (Å²) in [5.74, 6) is 0.345. The van der Waals surface area contributed by atoms with Crippen LogP contribution in [0.3, 0.4) is 0 Å². The van der Waals surface area contributed by atoms with E-state index in [0.717, 1.165) is 23.0 Å². The van der Waals surface area contributed by atoms with Crippen LogP contribution in [0.15, 0.2) is 41.2 Å². The molecule has 7 nitrogen and oxygen atoms in total. The van der Waals surface area contributed by atoms with Crippen molar-refractivity contribution in [3.8, 4) is 11.5 Å². The van der Waals surface area contributed by atoms with Gasteiger partial charge in [-0.25, -0.2) is 13.2 Å². The molecule has 0 fully saturated rings. The first kappa shape index (κ1) is 23.7. The molecule has 0 aliphatic rings. The monoisotopic (exact) mass is 472 g/mol. The summed E-state index contributed by atoms with van der Waals surface area (Å²) >= 11 is 0. The van der Waals surface area contributed by atoms with Gasteiger partial charge in [0.05, 0.1) is 42.1 Å². The summed E-state index contributed by atoms with van der Waals surface area (Å²) in [5, 5.41) is 0. The smallest absolute Gasteiger partial charge is 0.416 e. The van der Waals surface area contributed by atoms with E-state index in [4.69, 9.17) is 9.47 Å². The highest BCUT2D eigenvalue weighted by Gasteiger charge is 2.32. The van der Waals surface area contributed by atoms with Crippen LogP contribution in [0.5, 0.6) is 11.5 Å².